The van der Waals surface area contributed by atoms with Crippen molar-refractivity contribution in [2.24, 2.45) is 0 Å². The number of nitrogens with zero attached hydrogens (tertiary/aromatic N) is 1. The van der Waals surface area contributed by atoms with Gasteiger partial charge in [-0.3, -0.25) is 0 Å². The Kier molecular flexibility index (Phi) is 8.95. The van der Waals surface area contributed by atoms with Crippen LogP contribution in [0.3, 0.4) is 0 Å². The van der Waals surface area contributed by atoms with E-state index >= 15 is 0 Å². The Morgan fingerprint density at radius 2 is 1.58 bits per heavy atom. The monoisotopic (exact) mass is 173 g/mol. The van der Waals surface area contributed by atoms with Crippen molar-refractivity contribution in [3.63, 3.8) is 0 Å². The molecule has 0 aromatic carbocycles. The predicted molar refractivity (Wildman–Crippen MR) is 53.5 cm³/mol. The summed E-state index contributed by atoms with van der Waals surface area (Å²) in [5.41, 5.74) is 0. The largest absolute Gasteiger partial charge is 0.385 e. The lowest BCUT2D eigenvalue weighted by atomic mass is 10.1. The summed E-state index contributed by atoms with van der Waals surface area (Å²) in [6.07, 6.45) is 4.30. The van der Waals surface area contributed by atoms with Gasteiger partial charge < -0.3 is 9.64 Å². The molecule has 12 heavy (non-hydrogen) atoms. The molecule has 74 valence electrons. The van der Waals surface area contributed by atoms with E-state index in [1.807, 2.05) is 6.92 Å². The molecule has 1 rings (SSSR count). The average molecular weight is 173 g/mol. The van der Waals surface area contributed by atoms with Gasteiger partial charge in [0, 0.05) is 13.7 Å². The Morgan fingerprint density at radius 3 is 1.83 bits per heavy atom. The fourth-order valence-corrected chi connectivity index (χ4v) is 1.28. The number of ether oxygens (including phenoxy) is 1. The van der Waals surface area contributed by atoms with Gasteiger partial charge in [0.15, 0.2) is 0 Å². The fraction of sp³-hybridized carbons (Fsp3) is 1.00. The summed E-state index contributed by atoms with van der Waals surface area (Å²) in [7, 11) is 1.68. The first-order valence-electron chi connectivity index (χ1n) is 5.06. The van der Waals surface area contributed by atoms with Crippen LogP contribution in [0.15, 0.2) is 0 Å². The van der Waals surface area contributed by atoms with Crippen LogP contribution in [0.25, 0.3) is 0 Å². The van der Waals surface area contributed by atoms with E-state index in [1.165, 1.54) is 38.9 Å². The first-order valence-corrected chi connectivity index (χ1v) is 5.06. The third-order valence-electron chi connectivity index (χ3n) is 2.18. The zero-order chi connectivity index (χ0) is 9.23. The van der Waals surface area contributed by atoms with Crippen LogP contribution in [0.4, 0.5) is 0 Å². The van der Waals surface area contributed by atoms with Crippen LogP contribution in [0.5, 0.6) is 0 Å². The van der Waals surface area contributed by atoms with Crippen molar-refractivity contribution in [1.29, 1.82) is 0 Å². The van der Waals surface area contributed by atoms with E-state index in [0.717, 1.165) is 6.61 Å². The Labute approximate surface area is 76.9 Å². The van der Waals surface area contributed by atoms with Crippen LogP contribution in [0.1, 0.15) is 33.1 Å². The molecule has 0 bridgehead atoms. The summed E-state index contributed by atoms with van der Waals surface area (Å²) in [5, 5.41) is 0. The number of rotatable bonds is 2. The molecule has 2 nitrogen and oxygen atoms in total. The first kappa shape index (κ1) is 11.9. The van der Waals surface area contributed by atoms with Crippen molar-refractivity contribution in [3.05, 3.63) is 0 Å². The first-order chi connectivity index (χ1) is 5.85. The summed E-state index contributed by atoms with van der Waals surface area (Å²) < 4.78 is 4.54. The number of methoxy groups -OCH3 is 1. The lowest BCUT2D eigenvalue weighted by molar-refractivity contribution is 0.215. The molecule has 0 saturated carbocycles. The molecule has 1 aliphatic rings. The average Bonchev–Trinajstić information content (AvgIpc) is 2.19. The normalized spacial score (nSPS) is 18.2. The van der Waals surface area contributed by atoms with Gasteiger partial charge in [-0.1, -0.05) is 13.3 Å². The maximum atomic E-state index is 4.54. The van der Waals surface area contributed by atoms with Crippen LogP contribution in [-0.2, 0) is 4.74 Å². The topological polar surface area (TPSA) is 12.5 Å². The quantitative estimate of drug-likeness (QED) is 0.634. The molecule has 0 amide bonds. The van der Waals surface area contributed by atoms with Crippen molar-refractivity contribution in [1.82, 2.24) is 4.90 Å². The highest BCUT2D eigenvalue weighted by Crippen LogP contribution is 2.06. The summed E-state index contributed by atoms with van der Waals surface area (Å²) in [6.45, 7) is 8.96. The molecule has 0 atom stereocenters. The standard InChI is InChI=1S/C7H15N.C3H8O/c1-2-8-6-4-3-5-7-8;1-3-4-2/h2-7H2,1H3;3H2,1-2H3. The van der Waals surface area contributed by atoms with E-state index in [9.17, 15) is 0 Å². The highest BCUT2D eigenvalue weighted by molar-refractivity contribution is 4.61. The number of likely N-dealkylation sites (tertiary alicyclic amines) is 1. The van der Waals surface area contributed by atoms with Crippen LogP contribution >= 0.6 is 0 Å². The Bertz CT molecular complexity index is 77.9. The van der Waals surface area contributed by atoms with Gasteiger partial charge in [0.05, 0.1) is 0 Å². The van der Waals surface area contributed by atoms with Gasteiger partial charge in [0.1, 0.15) is 0 Å². The molecular weight excluding hydrogens is 150 g/mol. The molecular formula is C10H23NO. The maximum Gasteiger partial charge on any atom is 0.0433 e. The number of piperidine rings is 1. The lowest BCUT2D eigenvalue weighted by Crippen LogP contribution is -2.29. The Balaban J connectivity index is 0.000000261. The van der Waals surface area contributed by atoms with Gasteiger partial charge >= 0.3 is 0 Å². The second kappa shape index (κ2) is 9.01. The molecule has 0 unspecified atom stereocenters. The van der Waals surface area contributed by atoms with Gasteiger partial charge in [-0.2, -0.15) is 0 Å². The van der Waals surface area contributed by atoms with Crippen molar-refractivity contribution < 1.29 is 4.74 Å². The third-order valence-corrected chi connectivity index (χ3v) is 2.18. The van der Waals surface area contributed by atoms with Crippen molar-refractivity contribution >= 4 is 0 Å². The Hall–Kier alpha value is -0.0800. The van der Waals surface area contributed by atoms with Gasteiger partial charge in [-0.25, -0.2) is 0 Å². The zero-order valence-corrected chi connectivity index (χ0v) is 8.81. The molecule has 1 aliphatic heterocycles. The highest BCUT2D eigenvalue weighted by atomic mass is 16.5. The summed E-state index contributed by atoms with van der Waals surface area (Å²) in [6, 6.07) is 0. The van der Waals surface area contributed by atoms with E-state index in [0.29, 0.717) is 0 Å². The van der Waals surface area contributed by atoms with Crippen LogP contribution in [-0.4, -0.2) is 38.3 Å². The number of hydrogen-bond acceptors (Lipinski definition) is 2. The minimum absolute atomic E-state index is 0.819. The minimum atomic E-state index is 0.819. The smallest absolute Gasteiger partial charge is 0.0433 e. The molecule has 1 fully saturated rings. The van der Waals surface area contributed by atoms with Crippen LogP contribution < -0.4 is 0 Å². The minimum Gasteiger partial charge on any atom is -0.385 e. The molecule has 0 radical (unpaired) electrons. The number of hydrogen-bond donors (Lipinski definition) is 0. The summed E-state index contributed by atoms with van der Waals surface area (Å²) >= 11 is 0. The van der Waals surface area contributed by atoms with Crippen LogP contribution in [0, 0.1) is 0 Å². The fourth-order valence-electron chi connectivity index (χ4n) is 1.28. The molecule has 0 aromatic heterocycles. The predicted octanol–water partition coefficient (Wildman–Crippen LogP) is 2.14. The molecule has 0 aliphatic carbocycles. The van der Waals surface area contributed by atoms with Crippen molar-refractivity contribution in [3.8, 4) is 0 Å². The highest BCUT2D eigenvalue weighted by Gasteiger charge is 2.05. The summed E-state index contributed by atoms with van der Waals surface area (Å²) in [4.78, 5) is 2.52. The molecule has 0 aromatic rings. The molecule has 1 saturated heterocycles. The SMILES string of the molecule is CCN1CCCCC1.CCOC. The molecule has 0 N–H and O–H groups in total. The van der Waals surface area contributed by atoms with E-state index in [2.05, 4.69) is 16.6 Å². The van der Waals surface area contributed by atoms with E-state index in [1.54, 1.807) is 7.11 Å². The molecule has 1 heterocycles. The third kappa shape index (κ3) is 6.62. The zero-order valence-electron chi connectivity index (χ0n) is 8.81. The molecule has 0 spiro atoms. The second-order valence-corrected chi connectivity index (χ2v) is 3.07. The van der Waals surface area contributed by atoms with Gasteiger partial charge in [0.25, 0.3) is 0 Å². The molecule has 2 heteroatoms. The van der Waals surface area contributed by atoms with E-state index < -0.39 is 0 Å². The Morgan fingerprint density at radius 1 is 1.08 bits per heavy atom. The van der Waals surface area contributed by atoms with Crippen molar-refractivity contribution in [2.75, 3.05) is 33.4 Å². The lowest BCUT2D eigenvalue weighted by Gasteiger charge is -2.24. The van der Waals surface area contributed by atoms with Crippen LogP contribution in [0.2, 0.25) is 0 Å². The van der Waals surface area contributed by atoms with E-state index in [-0.39, 0.29) is 0 Å². The van der Waals surface area contributed by atoms with Gasteiger partial charge in [-0.05, 0) is 39.4 Å². The second-order valence-electron chi connectivity index (χ2n) is 3.07. The maximum absolute atomic E-state index is 4.54. The van der Waals surface area contributed by atoms with E-state index in [4.69, 9.17) is 0 Å². The van der Waals surface area contributed by atoms with Crippen molar-refractivity contribution in [2.45, 2.75) is 33.1 Å². The summed E-state index contributed by atoms with van der Waals surface area (Å²) in [5.74, 6) is 0. The van der Waals surface area contributed by atoms with Gasteiger partial charge in [0.2, 0.25) is 0 Å². The van der Waals surface area contributed by atoms with Gasteiger partial charge in [-0.15, -0.1) is 0 Å².